The normalized spacial score (nSPS) is 10.6. The maximum atomic E-state index is 13.7. The first-order valence-corrected chi connectivity index (χ1v) is 5.64. The molecule has 0 radical (unpaired) electrons. The molecule has 4 nitrogen and oxygen atoms in total. The highest BCUT2D eigenvalue weighted by Crippen LogP contribution is 2.22. The third-order valence-electron chi connectivity index (χ3n) is 2.45. The molecule has 2 rings (SSSR count). The lowest BCUT2D eigenvalue weighted by Crippen LogP contribution is -2.21. The van der Waals surface area contributed by atoms with Gasteiger partial charge >= 0.3 is 0 Å². The molecule has 19 heavy (non-hydrogen) atoms. The van der Waals surface area contributed by atoms with Gasteiger partial charge in [-0.2, -0.15) is 5.10 Å². The summed E-state index contributed by atoms with van der Waals surface area (Å²) in [4.78, 5) is 0. The van der Waals surface area contributed by atoms with Crippen LogP contribution in [0.2, 0.25) is 0 Å². The van der Waals surface area contributed by atoms with Gasteiger partial charge in [0.1, 0.15) is 5.82 Å². The molecule has 2 aromatic rings. The summed E-state index contributed by atoms with van der Waals surface area (Å²) in [7, 11) is 0. The van der Waals surface area contributed by atoms with Gasteiger partial charge in [0, 0.05) is 5.56 Å². The van der Waals surface area contributed by atoms with Crippen molar-refractivity contribution in [3.63, 3.8) is 0 Å². The predicted octanol–water partition coefficient (Wildman–Crippen LogP) is 2.10. The lowest BCUT2D eigenvalue weighted by Gasteiger charge is -2.03. The van der Waals surface area contributed by atoms with Crippen LogP contribution < -0.4 is 11.5 Å². The molecule has 5 heteroatoms. The quantitative estimate of drug-likeness (QED) is 0.501. The van der Waals surface area contributed by atoms with Crippen LogP contribution in [0.5, 0.6) is 0 Å². The Kier molecular flexibility index (Phi) is 3.87. The molecule has 0 aliphatic carbocycles. The molecule has 0 heterocycles. The molecule has 0 fully saturated rings. The molecule has 0 aliphatic heterocycles. The van der Waals surface area contributed by atoms with Crippen molar-refractivity contribution < 1.29 is 4.39 Å². The highest BCUT2D eigenvalue weighted by Gasteiger charge is 2.03. The Morgan fingerprint density at radius 1 is 1.05 bits per heavy atom. The predicted molar refractivity (Wildman–Crippen MR) is 75.2 cm³/mol. The van der Waals surface area contributed by atoms with Crippen LogP contribution in [-0.4, -0.2) is 12.2 Å². The maximum absolute atomic E-state index is 13.7. The van der Waals surface area contributed by atoms with Crippen LogP contribution in [0, 0.1) is 5.82 Å². The second kappa shape index (κ2) is 5.77. The molecule has 0 amide bonds. The highest BCUT2D eigenvalue weighted by molar-refractivity contribution is 5.83. The third kappa shape index (κ3) is 3.38. The van der Waals surface area contributed by atoms with Gasteiger partial charge in [0.05, 0.1) is 6.21 Å². The van der Waals surface area contributed by atoms with Crippen LogP contribution in [-0.2, 0) is 0 Å². The van der Waals surface area contributed by atoms with E-state index in [2.05, 4.69) is 10.2 Å². The standard InChI is InChI=1S/C14H13FN4/c15-13-7-2-1-6-12(13)11-5-3-4-10(8-11)9-18-19-14(16)17/h1-9H,(H4,16,17,19). The number of rotatable bonds is 3. The first kappa shape index (κ1) is 12.8. The number of guanidine groups is 1. The molecule has 0 aromatic heterocycles. The van der Waals surface area contributed by atoms with E-state index in [9.17, 15) is 4.39 Å². The number of benzene rings is 2. The third-order valence-corrected chi connectivity index (χ3v) is 2.45. The molecule has 0 saturated carbocycles. The molecule has 96 valence electrons. The Balaban J connectivity index is 2.32. The summed E-state index contributed by atoms with van der Waals surface area (Å²) in [5.41, 5.74) is 12.4. The van der Waals surface area contributed by atoms with Crippen molar-refractivity contribution >= 4 is 12.2 Å². The van der Waals surface area contributed by atoms with Gasteiger partial charge in [0.15, 0.2) is 0 Å². The summed E-state index contributed by atoms with van der Waals surface area (Å²) >= 11 is 0. The van der Waals surface area contributed by atoms with Crippen molar-refractivity contribution in [2.24, 2.45) is 21.7 Å². The Bertz CT molecular complexity index is 631. The summed E-state index contributed by atoms with van der Waals surface area (Å²) in [6.07, 6.45) is 1.50. The molecule has 0 aliphatic rings. The minimum absolute atomic E-state index is 0.110. The zero-order valence-electron chi connectivity index (χ0n) is 10.1. The number of nitrogens with zero attached hydrogens (tertiary/aromatic N) is 2. The fraction of sp³-hybridized carbons (Fsp3) is 0. The van der Waals surface area contributed by atoms with Gasteiger partial charge in [0.2, 0.25) is 5.96 Å². The Morgan fingerprint density at radius 3 is 2.58 bits per heavy atom. The lowest BCUT2D eigenvalue weighted by atomic mass is 10.0. The average molecular weight is 256 g/mol. The molecule has 4 N–H and O–H groups in total. The molecule has 0 saturated heterocycles. The summed E-state index contributed by atoms with van der Waals surface area (Å²) in [5.74, 6) is -0.373. The van der Waals surface area contributed by atoms with Gasteiger partial charge in [-0.15, -0.1) is 5.10 Å². The average Bonchev–Trinajstić information content (AvgIpc) is 2.39. The van der Waals surface area contributed by atoms with Crippen molar-refractivity contribution in [2.45, 2.75) is 0 Å². The molecule has 0 atom stereocenters. The fourth-order valence-corrected chi connectivity index (χ4v) is 1.64. The number of hydrogen-bond acceptors (Lipinski definition) is 2. The molecular weight excluding hydrogens is 243 g/mol. The topological polar surface area (TPSA) is 76.8 Å². The van der Waals surface area contributed by atoms with E-state index in [0.717, 1.165) is 11.1 Å². The smallest absolute Gasteiger partial charge is 0.211 e. The monoisotopic (exact) mass is 256 g/mol. The fourth-order valence-electron chi connectivity index (χ4n) is 1.64. The van der Waals surface area contributed by atoms with Crippen LogP contribution in [0.4, 0.5) is 4.39 Å². The minimum Gasteiger partial charge on any atom is -0.369 e. The van der Waals surface area contributed by atoms with Crippen LogP contribution in [0.25, 0.3) is 11.1 Å². The van der Waals surface area contributed by atoms with Crippen LogP contribution in [0.15, 0.2) is 58.7 Å². The molecule has 0 spiro atoms. The SMILES string of the molecule is NC(N)=NN=Cc1cccc(-c2ccccc2F)c1. The molecule has 2 aromatic carbocycles. The lowest BCUT2D eigenvalue weighted by molar-refractivity contribution is 0.631. The number of hydrogen-bond donors (Lipinski definition) is 2. The van der Waals surface area contributed by atoms with Crippen LogP contribution in [0.1, 0.15) is 5.56 Å². The van der Waals surface area contributed by atoms with E-state index >= 15 is 0 Å². The largest absolute Gasteiger partial charge is 0.369 e. The van der Waals surface area contributed by atoms with Gasteiger partial charge in [-0.3, -0.25) is 0 Å². The zero-order valence-corrected chi connectivity index (χ0v) is 10.1. The van der Waals surface area contributed by atoms with Gasteiger partial charge in [-0.05, 0) is 23.3 Å². The van der Waals surface area contributed by atoms with E-state index in [1.54, 1.807) is 18.2 Å². The van der Waals surface area contributed by atoms with Crippen molar-refractivity contribution in [3.05, 3.63) is 59.9 Å². The van der Waals surface area contributed by atoms with Crippen LogP contribution in [0.3, 0.4) is 0 Å². The first-order valence-electron chi connectivity index (χ1n) is 5.64. The molecular formula is C14H13FN4. The second-order valence-corrected chi connectivity index (χ2v) is 3.87. The highest BCUT2D eigenvalue weighted by atomic mass is 19.1. The van der Waals surface area contributed by atoms with E-state index < -0.39 is 0 Å². The zero-order chi connectivity index (χ0) is 13.7. The number of nitrogens with two attached hydrogens (primary N) is 2. The van der Waals surface area contributed by atoms with Crippen molar-refractivity contribution in [3.8, 4) is 11.1 Å². The van der Waals surface area contributed by atoms with Crippen molar-refractivity contribution in [1.29, 1.82) is 0 Å². The van der Waals surface area contributed by atoms with E-state index in [1.165, 1.54) is 12.3 Å². The Hall–Kier alpha value is -2.69. The summed E-state index contributed by atoms with van der Waals surface area (Å²) in [6, 6.07) is 13.9. The van der Waals surface area contributed by atoms with Gasteiger partial charge < -0.3 is 11.5 Å². The molecule has 0 bridgehead atoms. The van der Waals surface area contributed by atoms with Gasteiger partial charge in [-0.1, -0.05) is 36.4 Å². The maximum Gasteiger partial charge on any atom is 0.211 e. The van der Waals surface area contributed by atoms with E-state index in [-0.39, 0.29) is 11.8 Å². The van der Waals surface area contributed by atoms with Crippen molar-refractivity contribution in [1.82, 2.24) is 0 Å². The van der Waals surface area contributed by atoms with Crippen molar-refractivity contribution in [2.75, 3.05) is 0 Å². The first-order chi connectivity index (χ1) is 9.16. The Morgan fingerprint density at radius 2 is 1.84 bits per heavy atom. The van der Waals surface area contributed by atoms with E-state index in [1.807, 2.05) is 24.3 Å². The van der Waals surface area contributed by atoms with Crippen LogP contribution >= 0.6 is 0 Å². The van der Waals surface area contributed by atoms with Gasteiger partial charge in [0.25, 0.3) is 0 Å². The second-order valence-electron chi connectivity index (χ2n) is 3.87. The van der Waals surface area contributed by atoms with E-state index in [0.29, 0.717) is 5.56 Å². The summed E-state index contributed by atoms with van der Waals surface area (Å²) in [5, 5.41) is 7.22. The summed E-state index contributed by atoms with van der Waals surface area (Å²) in [6.45, 7) is 0. The molecule has 0 unspecified atom stereocenters. The minimum atomic E-state index is -0.263. The van der Waals surface area contributed by atoms with Gasteiger partial charge in [-0.25, -0.2) is 4.39 Å². The van der Waals surface area contributed by atoms with E-state index in [4.69, 9.17) is 11.5 Å². The summed E-state index contributed by atoms with van der Waals surface area (Å²) < 4.78 is 13.7. The Labute approximate surface area is 110 Å². The number of halogens is 1.